The van der Waals surface area contributed by atoms with Gasteiger partial charge in [-0.05, 0) is 40.3 Å². The van der Waals surface area contributed by atoms with Crippen LogP contribution in [0.2, 0.25) is 0 Å². The molecule has 0 aliphatic heterocycles. The fourth-order valence-electron chi connectivity index (χ4n) is 0.842. The summed E-state index contributed by atoms with van der Waals surface area (Å²) < 4.78 is 5.99. The van der Waals surface area contributed by atoms with E-state index in [4.69, 9.17) is 16.6 Å². The molecular formula is C7H4BrN3OS. The van der Waals surface area contributed by atoms with Crippen molar-refractivity contribution in [2.24, 2.45) is 0 Å². The molecule has 0 saturated heterocycles. The predicted molar refractivity (Wildman–Crippen MR) is 52.6 cm³/mol. The number of aromatic amines is 1. The van der Waals surface area contributed by atoms with Gasteiger partial charge in [0.2, 0.25) is 0 Å². The monoisotopic (exact) mass is 257 g/mol. The van der Waals surface area contributed by atoms with Crippen molar-refractivity contribution in [1.29, 1.82) is 0 Å². The van der Waals surface area contributed by atoms with Crippen LogP contribution in [0.4, 0.5) is 0 Å². The number of H-pyrrole nitrogens is 1. The molecule has 0 aromatic carbocycles. The highest BCUT2D eigenvalue weighted by Gasteiger charge is 2.03. The first-order valence-electron chi connectivity index (χ1n) is 3.43. The molecule has 0 aliphatic rings. The second-order valence-electron chi connectivity index (χ2n) is 2.28. The Morgan fingerprint density at radius 3 is 2.85 bits per heavy atom. The van der Waals surface area contributed by atoms with E-state index >= 15 is 0 Å². The third kappa shape index (κ3) is 1.84. The van der Waals surface area contributed by atoms with E-state index in [1.807, 2.05) is 6.07 Å². The molecule has 66 valence electrons. The van der Waals surface area contributed by atoms with Crippen LogP contribution in [0.5, 0.6) is 0 Å². The van der Waals surface area contributed by atoms with Gasteiger partial charge in [0.05, 0.1) is 0 Å². The predicted octanol–water partition coefficient (Wildman–Crippen LogP) is 2.56. The lowest BCUT2D eigenvalue weighted by molar-refractivity contribution is 0.550. The summed E-state index contributed by atoms with van der Waals surface area (Å²) in [6, 6.07) is 3.65. The minimum absolute atomic E-state index is 0.250. The molecule has 4 nitrogen and oxygen atoms in total. The van der Waals surface area contributed by atoms with E-state index in [9.17, 15) is 0 Å². The highest BCUT2D eigenvalue weighted by molar-refractivity contribution is 9.10. The Morgan fingerprint density at radius 1 is 1.46 bits per heavy atom. The summed E-state index contributed by atoms with van der Waals surface area (Å²) in [6.07, 6.45) is 1.67. The number of rotatable bonds is 1. The highest BCUT2D eigenvalue weighted by atomic mass is 79.9. The van der Waals surface area contributed by atoms with Crippen LogP contribution < -0.4 is 0 Å². The SMILES string of the molecule is S=c1[nH]nc(-c2ccc(Br)cn2)o1. The minimum atomic E-state index is 0.250. The molecule has 1 N–H and O–H groups in total. The molecule has 0 spiro atoms. The van der Waals surface area contributed by atoms with Gasteiger partial charge in [0.1, 0.15) is 5.69 Å². The Bertz CT molecular complexity index is 461. The van der Waals surface area contributed by atoms with Crippen molar-refractivity contribution in [1.82, 2.24) is 15.2 Å². The summed E-state index contributed by atoms with van der Waals surface area (Å²) in [4.78, 5) is 4.34. The second-order valence-corrected chi connectivity index (χ2v) is 3.57. The van der Waals surface area contributed by atoms with E-state index in [0.29, 0.717) is 11.6 Å². The van der Waals surface area contributed by atoms with E-state index in [0.717, 1.165) is 4.47 Å². The Morgan fingerprint density at radius 2 is 2.31 bits per heavy atom. The molecule has 0 unspecified atom stereocenters. The molecule has 2 aromatic heterocycles. The maximum Gasteiger partial charge on any atom is 0.284 e. The van der Waals surface area contributed by atoms with Crippen LogP contribution in [0.15, 0.2) is 27.2 Å². The first-order chi connectivity index (χ1) is 6.25. The van der Waals surface area contributed by atoms with Crippen molar-refractivity contribution >= 4 is 28.1 Å². The average molecular weight is 258 g/mol. The third-order valence-electron chi connectivity index (χ3n) is 1.38. The molecular weight excluding hydrogens is 254 g/mol. The van der Waals surface area contributed by atoms with Crippen molar-refractivity contribution in [2.45, 2.75) is 0 Å². The zero-order valence-electron chi connectivity index (χ0n) is 6.32. The van der Waals surface area contributed by atoms with Gasteiger partial charge in [-0.25, -0.2) is 10.1 Å². The molecule has 0 bridgehead atoms. The smallest absolute Gasteiger partial charge is 0.284 e. The van der Waals surface area contributed by atoms with Gasteiger partial charge in [-0.2, -0.15) is 0 Å². The van der Waals surface area contributed by atoms with E-state index in [1.165, 1.54) is 0 Å². The maximum absolute atomic E-state index is 5.08. The summed E-state index contributed by atoms with van der Waals surface area (Å²) in [6.45, 7) is 0. The number of hydrogen-bond acceptors (Lipinski definition) is 4. The zero-order chi connectivity index (χ0) is 9.26. The summed E-state index contributed by atoms with van der Waals surface area (Å²) in [5.41, 5.74) is 0.649. The van der Waals surface area contributed by atoms with Crippen molar-refractivity contribution < 1.29 is 4.42 Å². The standard InChI is InChI=1S/C7H4BrN3OS/c8-4-1-2-5(9-3-4)6-10-11-7(13)12-6/h1-3H,(H,11,13). The molecule has 2 heterocycles. The van der Waals surface area contributed by atoms with E-state index in [-0.39, 0.29) is 4.84 Å². The number of aromatic nitrogens is 3. The van der Waals surface area contributed by atoms with Crippen LogP contribution in [0.3, 0.4) is 0 Å². The summed E-state index contributed by atoms with van der Waals surface area (Å²) in [7, 11) is 0. The van der Waals surface area contributed by atoms with Crippen molar-refractivity contribution in [3.8, 4) is 11.6 Å². The molecule has 0 atom stereocenters. The van der Waals surface area contributed by atoms with E-state index in [2.05, 4.69) is 31.1 Å². The molecule has 13 heavy (non-hydrogen) atoms. The van der Waals surface area contributed by atoms with Crippen LogP contribution in [-0.2, 0) is 0 Å². The third-order valence-corrected chi connectivity index (χ3v) is 2.03. The minimum Gasteiger partial charge on any atom is -0.408 e. The zero-order valence-corrected chi connectivity index (χ0v) is 8.72. The largest absolute Gasteiger partial charge is 0.408 e. The Balaban J connectivity index is 2.47. The van der Waals surface area contributed by atoms with Gasteiger partial charge in [0.15, 0.2) is 0 Å². The maximum atomic E-state index is 5.08. The van der Waals surface area contributed by atoms with E-state index in [1.54, 1.807) is 12.3 Å². The first kappa shape index (κ1) is 8.58. The topological polar surface area (TPSA) is 54.7 Å². The molecule has 2 rings (SSSR count). The second kappa shape index (κ2) is 3.39. The van der Waals surface area contributed by atoms with Crippen LogP contribution in [-0.4, -0.2) is 15.2 Å². The number of pyridine rings is 1. The van der Waals surface area contributed by atoms with E-state index < -0.39 is 0 Å². The number of nitrogens with zero attached hydrogens (tertiary/aromatic N) is 2. The van der Waals surface area contributed by atoms with Crippen molar-refractivity contribution in [2.75, 3.05) is 0 Å². The van der Waals surface area contributed by atoms with Crippen molar-refractivity contribution in [3.05, 3.63) is 27.6 Å². The van der Waals surface area contributed by atoms with Gasteiger partial charge in [-0.15, -0.1) is 5.10 Å². The lowest BCUT2D eigenvalue weighted by Gasteiger charge is -1.92. The van der Waals surface area contributed by atoms with Crippen LogP contribution in [0.1, 0.15) is 0 Å². The number of hydrogen-bond donors (Lipinski definition) is 1. The summed E-state index contributed by atoms with van der Waals surface area (Å²) >= 11 is 8.02. The molecule has 0 fully saturated rings. The van der Waals surface area contributed by atoms with Crippen LogP contribution in [0.25, 0.3) is 11.6 Å². The summed E-state index contributed by atoms with van der Waals surface area (Å²) in [5.74, 6) is 0.400. The highest BCUT2D eigenvalue weighted by Crippen LogP contribution is 2.15. The molecule has 6 heteroatoms. The quantitative estimate of drug-likeness (QED) is 0.798. The average Bonchev–Trinajstić information content (AvgIpc) is 2.53. The lowest BCUT2D eigenvalue weighted by atomic mass is 10.3. The number of nitrogens with one attached hydrogen (secondary N) is 1. The van der Waals surface area contributed by atoms with Gasteiger partial charge >= 0.3 is 0 Å². The Hall–Kier alpha value is -1.01. The van der Waals surface area contributed by atoms with Gasteiger partial charge in [0, 0.05) is 10.7 Å². The van der Waals surface area contributed by atoms with Gasteiger partial charge in [-0.3, -0.25) is 0 Å². The first-order valence-corrected chi connectivity index (χ1v) is 4.63. The normalized spacial score (nSPS) is 10.2. The molecule has 0 radical (unpaired) electrons. The molecule has 0 amide bonds. The fraction of sp³-hybridized carbons (Fsp3) is 0. The van der Waals surface area contributed by atoms with Crippen LogP contribution >= 0.6 is 28.1 Å². The van der Waals surface area contributed by atoms with Crippen molar-refractivity contribution in [3.63, 3.8) is 0 Å². The van der Waals surface area contributed by atoms with Gasteiger partial charge in [0.25, 0.3) is 10.7 Å². The number of halogens is 1. The fourth-order valence-corrected chi connectivity index (χ4v) is 1.20. The molecule has 0 saturated carbocycles. The molecule has 2 aromatic rings. The Labute approximate surface area is 87.1 Å². The Kier molecular flexibility index (Phi) is 2.24. The summed E-state index contributed by atoms with van der Waals surface area (Å²) in [5, 5.41) is 6.37. The molecule has 0 aliphatic carbocycles. The van der Waals surface area contributed by atoms with Gasteiger partial charge in [-0.1, -0.05) is 0 Å². The lowest BCUT2D eigenvalue weighted by Crippen LogP contribution is -1.82. The van der Waals surface area contributed by atoms with Crippen LogP contribution in [0, 0.1) is 4.84 Å². The van der Waals surface area contributed by atoms with Gasteiger partial charge < -0.3 is 4.42 Å².